The number of nitrogens with zero attached hydrogens (tertiary/aromatic N) is 1. The molecule has 0 bridgehead atoms. The predicted molar refractivity (Wildman–Crippen MR) is 94.1 cm³/mol. The van der Waals surface area contributed by atoms with Crippen LogP contribution in [0.15, 0.2) is 58.5 Å². The van der Waals surface area contributed by atoms with Gasteiger partial charge in [-0.15, -0.1) is 0 Å². The monoisotopic (exact) mass is 346 g/mol. The summed E-state index contributed by atoms with van der Waals surface area (Å²) in [6.45, 7) is 3.06. The molecule has 2 rings (SSSR count). The Morgan fingerprint density at radius 3 is 2.12 bits per heavy atom. The van der Waals surface area contributed by atoms with Crippen molar-refractivity contribution in [2.75, 3.05) is 11.1 Å². The Balaban J connectivity index is 2.14. The quantitative estimate of drug-likeness (QED) is 0.436. The van der Waals surface area contributed by atoms with Gasteiger partial charge in [0.2, 0.25) is 5.91 Å². The second-order valence-corrected chi connectivity index (χ2v) is 6.78. The molecule has 0 saturated carbocycles. The first-order valence-corrected chi connectivity index (χ1v) is 8.56. The molecule has 0 radical (unpaired) electrons. The topological polar surface area (TPSA) is 114 Å². The molecule has 126 valence electrons. The van der Waals surface area contributed by atoms with Gasteiger partial charge in [0.15, 0.2) is 0 Å². The molecular formula is C16H18N4O3S. The van der Waals surface area contributed by atoms with Crippen molar-refractivity contribution in [1.29, 1.82) is 0 Å². The smallest absolute Gasteiger partial charge is 0.276 e. The Morgan fingerprint density at radius 2 is 1.58 bits per heavy atom. The van der Waals surface area contributed by atoms with E-state index in [2.05, 4.69) is 15.2 Å². The number of carbonyl (C=O) groups is 1. The zero-order valence-electron chi connectivity index (χ0n) is 13.3. The SMILES string of the molecule is CC(=O)Nc1ccc(S(=O)(=O)N/N=C(\C)c2ccc(N)cc2)cc1. The lowest BCUT2D eigenvalue weighted by Crippen LogP contribution is -2.20. The van der Waals surface area contributed by atoms with Crippen LogP contribution in [0.4, 0.5) is 11.4 Å². The first-order chi connectivity index (χ1) is 11.3. The summed E-state index contributed by atoms with van der Waals surface area (Å²) in [4.78, 5) is 13.2. The fourth-order valence-corrected chi connectivity index (χ4v) is 2.75. The normalized spacial score (nSPS) is 11.8. The highest BCUT2D eigenvalue weighted by atomic mass is 32.2. The van der Waals surface area contributed by atoms with Crippen molar-refractivity contribution in [3.63, 3.8) is 0 Å². The Labute approximate surface area is 140 Å². The van der Waals surface area contributed by atoms with Gasteiger partial charge in [-0.3, -0.25) is 4.79 Å². The summed E-state index contributed by atoms with van der Waals surface area (Å²) in [5.41, 5.74) is 8.01. The highest BCUT2D eigenvalue weighted by Gasteiger charge is 2.13. The lowest BCUT2D eigenvalue weighted by atomic mass is 10.1. The van der Waals surface area contributed by atoms with Gasteiger partial charge in [0.25, 0.3) is 10.0 Å². The van der Waals surface area contributed by atoms with Crippen LogP contribution >= 0.6 is 0 Å². The summed E-state index contributed by atoms with van der Waals surface area (Å²) in [7, 11) is -3.79. The minimum absolute atomic E-state index is 0.0467. The van der Waals surface area contributed by atoms with Crippen LogP contribution in [0.2, 0.25) is 0 Å². The van der Waals surface area contributed by atoms with Gasteiger partial charge < -0.3 is 11.1 Å². The van der Waals surface area contributed by atoms with Crippen molar-refractivity contribution in [1.82, 2.24) is 4.83 Å². The van der Waals surface area contributed by atoms with E-state index in [0.29, 0.717) is 17.1 Å². The van der Waals surface area contributed by atoms with E-state index < -0.39 is 10.0 Å². The molecule has 4 N–H and O–H groups in total. The van der Waals surface area contributed by atoms with Crippen LogP contribution in [0.3, 0.4) is 0 Å². The van der Waals surface area contributed by atoms with E-state index in [9.17, 15) is 13.2 Å². The third-order valence-corrected chi connectivity index (χ3v) is 4.37. The van der Waals surface area contributed by atoms with Crippen LogP contribution in [0.25, 0.3) is 0 Å². The zero-order valence-corrected chi connectivity index (χ0v) is 14.1. The van der Waals surface area contributed by atoms with E-state index >= 15 is 0 Å². The number of nitrogen functional groups attached to an aromatic ring is 1. The molecule has 0 aliphatic carbocycles. The summed E-state index contributed by atoms with van der Waals surface area (Å²) in [6.07, 6.45) is 0. The molecule has 0 fully saturated rings. The van der Waals surface area contributed by atoms with Crippen molar-refractivity contribution in [3.05, 3.63) is 54.1 Å². The number of anilines is 2. The molecule has 0 atom stereocenters. The number of sulfonamides is 1. The number of rotatable bonds is 5. The number of benzene rings is 2. The molecule has 0 saturated heterocycles. The molecule has 0 spiro atoms. The number of hydrazone groups is 1. The molecular weight excluding hydrogens is 328 g/mol. The van der Waals surface area contributed by atoms with E-state index in [1.807, 2.05) is 0 Å². The van der Waals surface area contributed by atoms with Crippen LogP contribution in [-0.4, -0.2) is 20.0 Å². The number of amides is 1. The molecule has 1 amide bonds. The average molecular weight is 346 g/mol. The maximum atomic E-state index is 12.2. The molecule has 2 aromatic carbocycles. The first-order valence-electron chi connectivity index (χ1n) is 7.07. The molecule has 0 aromatic heterocycles. The van der Waals surface area contributed by atoms with Crippen molar-refractivity contribution in [2.45, 2.75) is 18.7 Å². The number of hydrogen-bond donors (Lipinski definition) is 3. The van der Waals surface area contributed by atoms with E-state index in [0.717, 1.165) is 5.56 Å². The minimum atomic E-state index is -3.79. The van der Waals surface area contributed by atoms with Crippen LogP contribution in [0.1, 0.15) is 19.4 Å². The standard InChI is InChI=1S/C16H18N4O3S/c1-11(13-3-5-14(17)6-4-13)19-20-24(22,23)16-9-7-15(8-10-16)18-12(2)21/h3-10,20H,17H2,1-2H3,(H,18,21)/b19-11+. The van der Waals surface area contributed by atoms with Gasteiger partial charge in [-0.25, -0.2) is 0 Å². The number of nitrogens with two attached hydrogens (primary N) is 1. The Hall–Kier alpha value is -2.87. The van der Waals surface area contributed by atoms with Gasteiger partial charge in [-0.2, -0.15) is 18.4 Å². The average Bonchev–Trinajstić information content (AvgIpc) is 2.53. The molecule has 2 aromatic rings. The second kappa shape index (κ2) is 7.14. The largest absolute Gasteiger partial charge is 0.399 e. The van der Waals surface area contributed by atoms with Crippen molar-refractivity contribution < 1.29 is 13.2 Å². The van der Waals surface area contributed by atoms with Gasteiger partial charge in [-0.1, -0.05) is 12.1 Å². The maximum Gasteiger partial charge on any atom is 0.276 e. The summed E-state index contributed by atoms with van der Waals surface area (Å²) in [5.74, 6) is -0.229. The zero-order chi connectivity index (χ0) is 17.7. The number of carbonyl (C=O) groups excluding carboxylic acids is 1. The Kier molecular flexibility index (Phi) is 5.20. The van der Waals surface area contributed by atoms with E-state index in [1.165, 1.54) is 31.2 Å². The molecule has 24 heavy (non-hydrogen) atoms. The number of hydrogen-bond acceptors (Lipinski definition) is 5. The lowest BCUT2D eigenvalue weighted by Gasteiger charge is -2.07. The Morgan fingerprint density at radius 1 is 1.00 bits per heavy atom. The highest BCUT2D eigenvalue weighted by Crippen LogP contribution is 2.14. The highest BCUT2D eigenvalue weighted by molar-refractivity contribution is 7.89. The summed E-state index contributed by atoms with van der Waals surface area (Å²) < 4.78 is 24.5. The molecule has 0 aliphatic rings. The molecule has 0 aliphatic heterocycles. The van der Waals surface area contributed by atoms with Gasteiger partial charge >= 0.3 is 0 Å². The lowest BCUT2D eigenvalue weighted by molar-refractivity contribution is -0.114. The van der Waals surface area contributed by atoms with E-state index in [4.69, 9.17) is 5.73 Å². The molecule has 8 heteroatoms. The van der Waals surface area contributed by atoms with Crippen molar-refractivity contribution in [2.24, 2.45) is 5.10 Å². The third-order valence-electron chi connectivity index (χ3n) is 3.15. The molecule has 7 nitrogen and oxygen atoms in total. The van der Waals surface area contributed by atoms with Gasteiger partial charge in [0.05, 0.1) is 10.6 Å². The van der Waals surface area contributed by atoms with Crippen LogP contribution < -0.4 is 15.9 Å². The van der Waals surface area contributed by atoms with Crippen molar-refractivity contribution >= 4 is 33.0 Å². The minimum Gasteiger partial charge on any atom is -0.399 e. The van der Waals surface area contributed by atoms with Crippen LogP contribution in [-0.2, 0) is 14.8 Å². The third kappa shape index (κ3) is 4.56. The fraction of sp³-hybridized carbons (Fsp3) is 0.125. The van der Waals surface area contributed by atoms with Gasteiger partial charge in [0, 0.05) is 18.3 Å². The van der Waals surface area contributed by atoms with Crippen LogP contribution in [0.5, 0.6) is 0 Å². The van der Waals surface area contributed by atoms with E-state index in [1.54, 1.807) is 31.2 Å². The summed E-state index contributed by atoms with van der Waals surface area (Å²) in [6, 6.07) is 12.7. The Bertz CT molecular complexity index is 857. The predicted octanol–water partition coefficient (Wildman–Crippen LogP) is 1.93. The summed E-state index contributed by atoms with van der Waals surface area (Å²) >= 11 is 0. The molecule has 0 heterocycles. The van der Waals surface area contributed by atoms with Crippen molar-refractivity contribution in [3.8, 4) is 0 Å². The number of nitrogens with one attached hydrogen (secondary N) is 2. The van der Waals surface area contributed by atoms with Gasteiger partial charge in [-0.05, 0) is 48.9 Å². The maximum absolute atomic E-state index is 12.2. The summed E-state index contributed by atoms with van der Waals surface area (Å²) in [5, 5.41) is 6.48. The first kappa shape index (κ1) is 17.5. The fourth-order valence-electron chi connectivity index (χ4n) is 1.89. The van der Waals surface area contributed by atoms with Crippen LogP contribution in [0, 0.1) is 0 Å². The molecule has 0 unspecified atom stereocenters. The van der Waals surface area contributed by atoms with E-state index in [-0.39, 0.29) is 10.8 Å². The van der Waals surface area contributed by atoms with Gasteiger partial charge in [0.1, 0.15) is 0 Å². The second-order valence-electron chi connectivity index (χ2n) is 5.12.